The van der Waals surface area contributed by atoms with Gasteiger partial charge in [0.15, 0.2) is 17.1 Å². The monoisotopic (exact) mass is 319 g/mol. The second-order valence-electron chi connectivity index (χ2n) is 4.33. The van der Waals surface area contributed by atoms with Gasteiger partial charge in [-0.2, -0.15) is 5.10 Å². The van der Waals surface area contributed by atoms with Gasteiger partial charge in [-0.15, -0.1) is 0 Å². The standard InChI is InChI=1S/C13H10ClN5O3/c14-8-3-1-7(2-4-8)11-10(13(20)21)12(19-22-11)15-5-9-16-6-17-18-9/h1-4,6H,5H2,(H,15,19)(H,20,21)(H,16,17,18). The van der Waals surface area contributed by atoms with Crippen LogP contribution < -0.4 is 5.32 Å². The molecule has 3 aromatic rings. The fraction of sp³-hybridized carbons (Fsp3) is 0.0769. The van der Waals surface area contributed by atoms with Crippen LogP contribution in [-0.4, -0.2) is 31.4 Å². The molecule has 0 radical (unpaired) electrons. The Labute approximate surface area is 129 Å². The number of carboxylic acids is 1. The number of aromatic carboxylic acids is 1. The van der Waals surface area contributed by atoms with Gasteiger partial charge in [0.2, 0.25) is 0 Å². The van der Waals surface area contributed by atoms with Crippen molar-refractivity contribution in [2.75, 3.05) is 5.32 Å². The van der Waals surface area contributed by atoms with Crippen LogP contribution in [0.5, 0.6) is 0 Å². The number of carbonyl (C=O) groups is 1. The quantitative estimate of drug-likeness (QED) is 0.661. The Kier molecular flexibility index (Phi) is 3.75. The van der Waals surface area contributed by atoms with Gasteiger partial charge in [0.1, 0.15) is 12.2 Å². The number of benzene rings is 1. The van der Waals surface area contributed by atoms with Gasteiger partial charge in [-0.25, -0.2) is 9.78 Å². The van der Waals surface area contributed by atoms with E-state index in [9.17, 15) is 9.90 Å². The van der Waals surface area contributed by atoms with Gasteiger partial charge in [-0.05, 0) is 24.3 Å². The summed E-state index contributed by atoms with van der Waals surface area (Å²) in [6, 6.07) is 6.62. The molecule has 22 heavy (non-hydrogen) atoms. The van der Waals surface area contributed by atoms with Gasteiger partial charge >= 0.3 is 5.97 Å². The van der Waals surface area contributed by atoms with Gasteiger partial charge < -0.3 is 14.9 Å². The van der Waals surface area contributed by atoms with Crippen LogP contribution >= 0.6 is 11.6 Å². The first kappa shape index (κ1) is 14.1. The lowest BCUT2D eigenvalue weighted by Gasteiger charge is -2.01. The van der Waals surface area contributed by atoms with E-state index >= 15 is 0 Å². The van der Waals surface area contributed by atoms with Crippen LogP contribution in [0.2, 0.25) is 5.02 Å². The number of halogens is 1. The molecule has 2 heterocycles. The summed E-state index contributed by atoms with van der Waals surface area (Å²) in [6.07, 6.45) is 1.36. The molecule has 3 N–H and O–H groups in total. The minimum atomic E-state index is -1.15. The molecule has 0 amide bonds. The van der Waals surface area contributed by atoms with Crippen molar-refractivity contribution in [2.45, 2.75) is 6.54 Å². The SMILES string of the molecule is O=C(O)c1c(NCc2ncn[nH]2)noc1-c1ccc(Cl)cc1. The lowest BCUT2D eigenvalue weighted by atomic mass is 10.1. The molecule has 0 saturated carbocycles. The van der Waals surface area contributed by atoms with E-state index in [1.807, 2.05) is 0 Å². The van der Waals surface area contributed by atoms with E-state index < -0.39 is 5.97 Å². The largest absolute Gasteiger partial charge is 0.477 e. The first-order valence-electron chi connectivity index (χ1n) is 6.22. The van der Waals surface area contributed by atoms with Crippen molar-refractivity contribution in [1.29, 1.82) is 0 Å². The average molecular weight is 320 g/mol. The summed E-state index contributed by atoms with van der Waals surface area (Å²) in [4.78, 5) is 15.4. The zero-order chi connectivity index (χ0) is 15.5. The second kappa shape index (κ2) is 5.86. The summed E-state index contributed by atoms with van der Waals surface area (Å²) in [5, 5.41) is 22.9. The number of aromatic nitrogens is 4. The van der Waals surface area contributed by atoms with E-state index in [1.54, 1.807) is 24.3 Å². The molecule has 9 heteroatoms. The summed E-state index contributed by atoms with van der Waals surface area (Å²) in [7, 11) is 0. The maximum absolute atomic E-state index is 11.5. The van der Waals surface area contributed by atoms with Crippen molar-refractivity contribution in [1.82, 2.24) is 20.3 Å². The average Bonchev–Trinajstić information content (AvgIpc) is 3.15. The normalized spacial score (nSPS) is 10.6. The van der Waals surface area contributed by atoms with Crippen LogP contribution in [0.15, 0.2) is 35.1 Å². The highest BCUT2D eigenvalue weighted by Crippen LogP contribution is 2.30. The Morgan fingerprint density at radius 2 is 2.14 bits per heavy atom. The zero-order valence-corrected chi connectivity index (χ0v) is 11.8. The number of hydrogen-bond acceptors (Lipinski definition) is 6. The third-order valence-corrected chi connectivity index (χ3v) is 3.15. The highest BCUT2D eigenvalue weighted by atomic mass is 35.5. The third-order valence-electron chi connectivity index (χ3n) is 2.90. The Morgan fingerprint density at radius 3 is 2.77 bits per heavy atom. The summed E-state index contributed by atoms with van der Waals surface area (Å²) in [6.45, 7) is 0.243. The van der Waals surface area contributed by atoms with Crippen LogP contribution in [0.3, 0.4) is 0 Å². The fourth-order valence-electron chi connectivity index (χ4n) is 1.89. The molecule has 0 bridgehead atoms. The first-order valence-corrected chi connectivity index (χ1v) is 6.60. The Bertz CT molecular complexity index is 783. The van der Waals surface area contributed by atoms with Crippen LogP contribution in [0.1, 0.15) is 16.2 Å². The van der Waals surface area contributed by atoms with Crippen molar-refractivity contribution >= 4 is 23.4 Å². The van der Waals surface area contributed by atoms with Crippen LogP contribution in [-0.2, 0) is 6.54 Å². The number of carboxylic acid groups (broad SMARTS) is 1. The number of nitrogens with one attached hydrogen (secondary N) is 2. The number of H-pyrrole nitrogens is 1. The van der Waals surface area contributed by atoms with Crippen LogP contribution in [0.25, 0.3) is 11.3 Å². The van der Waals surface area contributed by atoms with Gasteiger partial charge in [0.05, 0.1) is 6.54 Å². The Morgan fingerprint density at radius 1 is 1.36 bits per heavy atom. The van der Waals surface area contributed by atoms with Crippen molar-refractivity contribution in [3.05, 3.63) is 47.0 Å². The highest BCUT2D eigenvalue weighted by Gasteiger charge is 2.23. The Balaban J connectivity index is 1.91. The topological polar surface area (TPSA) is 117 Å². The predicted molar refractivity (Wildman–Crippen MR) is 77.6 cm³/mol. The summed E-state index contributed by atoms with van der Waals surface area (Å²) >= 11 is 5.82. The summed E-state index contributed by atoms with van der Waals surface area (Å²) in [5.74, 6) is -0.322. The minimum Gasteiger partial charge on any atom is -0.477 e. The fourth-order valence-corrected chi connectivity index (χ4v) is 2.02. The number of aromatic amines is 1. The summed E-state index contributed by atoms with van der Waals surface area (Å²) in [5.41, 5.74) is 0.517. The smallest absolute Gasteiger partial charge is 0.343 e. The Hall–Kier alpha value is -2.87. The van der Waals surface area contributed by atoms with Gasteiger partial charge in [-0.1, -0.05) is 16.8 Å². The molecular weight excluding hydrogens is 310 g/mol. The molecule has 0 spiro atoms. The maximum Gasteiger partial charge on any atom is 0.343 e. The molecule has 112 valence electrons. The predicted octanol–water partition coefficient (Wildman–Crippen LogP) is 2.42. The van der Waals surface area contributed by atoms with Crippen molar-refractivity contribution in [3.63, 3.8) is 0 Å². The molecule has 0 unspecified atom stereocenters. The molecule has 0 aliphatic rings. The van der Waals surface area contributed by atoms with Crippen LogP contribution in [0.4, 0.5) is 5.82 Å². The van der Waals surface area contributed by atoms with E-state index in [2.05, 4.69) is 25.7 Å². The summed E-state index contributed by atoms with van der Waals surface area (Å²) < 4.78 is 5.17. The lowest BCUT2D eigenvalue weighted by molar-refractivity contribution is 0.0698. The van der Waals surface area contributed by atoms with E-state index in [0.717, 1.165) is 0 Å². The van der Waals surface area contributed by atoms with E-state index in [4.69, 9.17) is 16.1 Å². The third kappa shape index (κ3) is 2.77. The van der Waals surface area contributed by atoms with E-state index in [1.165, 1.54) is 6.33 Å². The van der Waals surface area contributed by atoms with Crippen molar-refractivity contribution in [3.8, 4) is 11.3 Å². The van der Waals surface area contributed by atoms with E-state index in [-0.39, 0.29) is 23.7 Å². The number of anilines is 1. The lowest BCUT2D eigenvalue weighted by Crippen LogP contribution is -2.07. The van der Waals surface area contributed by atoms with E-state index in [0.29, 0.717) is 16.4 Å². The molecular formula is C13H10ClN5O3. The van der Waals surface area contributed by atoms with Crippen LogP contribution in [0, 0.1) is 0 Å². The minimum absolute atomic E-state index is 0.0539. The maximum atomic E-state index is 11.5. The zero-order valence-electron chi connectivity index (χ0n) is 11.1. The first-order chi connectivity index (χ1) is 10.6. The molecule has 0 atom stereocenters. The molecule has 0 aliphatic carbocycles. The number of hydrogen-bond donors (Lipinski definition) is 3. The molecule has 2 aromatic heterocycles. The molecule has 3 rings (SSSR count). The molecule has 1 aromatic carbocycles. The molecule has 8 nitrogen and oxygen atoms in total. The van der Waals surface area contributed by atoms with Gasteiger partial charge in [0, 0.05) is 10.6 Å². The number of nitrogens with zero attached hydrogens (tertiary/aromatic N) is 3. The van der Waals surface area contributed by atoms with Crippen molar-refractivity contribution < 1.29 is 14.4 Å². The van der Waals surface area contributed by atoms with Crippen molar-refractivity contribution in [2.24, 2.45) is 0 Å². The number of rotatable bonds is 5. The van der Waals surface area contributed by atoms with Gasteiger partial charge in [0.25, 0.3) is 0 Å². The highest BCUT2D eigenvalue weighted by molar-refractivity contribution is 6.30. The molecule has 0 aliphatic heterocycles. The van der Waals surface area contributed by atoms with Gasteiger partial charge in [-0.3, -0.25) is 5.10 Å². The second-order valence-corrected chi connectivity index (χ2v) is 4.77. The molecule has 0 saturated heterocycles. The molecule has 0 fully saturated rings.